The topological polar surface area (TPSA) is 38.9 Å². The van der Waals surface area contributed by atoms with Crippen LogP contribution < -0.4 is 5.73 Å². The average molecular weight is 154 g/mol. The van der Waals surface area contributed by atoms with Crippen molar-refractivity contribution in [3.05, 3.63) is 16.6 Å². The van der Waals surface area contributed by atoms with Gasteiger partial charge in [0, 0.05) is 17.3 Å². The summed E-state index contributed by atoms with van der Waals surface area (Å²) < 4.78 is 0. The minimum atomic E-state index is 0.292. The zero-order chi connectivity index (χ0) is 7.03. The third-order valence-corrected chi connectivity index (χ3v) is 2.81. The highest BCUT2D eigenvalue weighted by molar-refractivity contribution is 7.07. The van der Waals surface area contributed by atoms with Crippen LogP contribution in [0, 0.1) is 0 Å². The zero-order valence-electron chi connectivity index (χ0n) is 5.71. The molecule has 10 heavy (non-hydrogen) atoms. The third kappa shape index (κ3) is 0.777. The molecule has 2 nitrogen and oxygen atoms in total. The molecule has 1 heterocycles. The molecule has 2 rings (SSSR count). The standard InChI is InChI=1S/C7H10N2S/c8-4-7(1-2-7)6-3-10-5-9-6/h3,5H,1-2,4,8H2. The molecule has 0 unspecified atom stereocenters. The fourth-order valence-electron chi connectivity index (χ4n) is 1.19. The summed E-state index contributed by atoms with van der Waals surface area (Å²) in [4.78, 5) is 4.26. The Morgan fingerprint density at radius 3 is 2.90 bits per heavy atom. The van der Waals surface area contributed by atoms with Crippen LogP contribution in [0.4, 0.5) is 0 Å². The van der Waals surface area contributed by atoms with Gasteiger partial charge in [-0.05, 0) is 12.8 Å². The van der Waals surface area contributed by atoms with Gasteiger partial charge in [0.1, 0.15) is 0 Å². The minimum Gasteiger partial charge on any atom is -0.330 e. The van der Waals surface area contributed by atoms with Gasteiger partial charge in [0.05, 0.1) is 11.2 Å². The molecule has 0 aromatic carbocycles. The molecule has 1 aliphatic carbocycles. The number of nitrogens with zero attached hydrogens (tertiary/aromatic N) is 1. The molecule has 1 saturated carbocycles. The van der Waals surface area contributed by atoms with Crippen molar-refractivity contribution in [2.75, 3.05) is 6.54 Å². The average Bonchev–Trinajstić information content (AvgIpc) is 2.58. The Labute approximate surface area is 64.1 Å². The van der Waals surface area contributed by atoms with E-state index in [4.69, 9.17) is 5.73 Å². The van der Waals surface area contributed by atoms with E-state index in [1.807, 2.05) is 5.51 Å². The molecule has 1 fully saturated rings. The maximum Gasteiger partial charge on any atom is 0.0794 e. The van der Waals surface area contributed by atoms with Crippen LogP contribution in [0.25, 0.3) is 0 Å². The molecule has 1 aromatic heterocycles. The van der Waals surface area contributed by atoms with Crippen LogP contribution in [0.1, 0.15) is 18.5 Å². The Morgan fingerprint density at radius 1 is 1.70 bits per heavy atom. The molecule has 1 aromatic rings. The molecular formula is C7H10N2S. The summed E-state index contributed by atoms with van der Waals surface area (Å²) in [7, 11) is 0. The Morgan fingerprint density at radius 2 is 2.50 bits per heavy atom. The van der Waals surface area contributed by atoms with Crippen molar-refractivity contribution < 1.29 is 0 Å². The van der Waals surface area contributed by atoms with Crippen LogP contribution in [-0.2, 0) is 5.41 Å². The highest BCUT2D eigenvalue weighted by Gasteiger charge is 2.44. The second kappa shape index (κ2) is 2.04. The van der Waals surface area contributed by atoms with Crippen molar-refractivity contribution >= 4 is 11.3 Å². The number of nitrogens with two attached hydrogens (primary N) is 1. The summed E-state index contributed by atoms with van der Waals surface area (Å²) in [6.45, 7) is 0.761. The van der Waals surface area contributed by atoms with Crippen molar-refractivity contribution in [2.24, 2.45) is 5.73 Å². The van der Waals surface area contributed by atoms with Crippen LogP contribution in [-0.4, -0.2) is 11.5 Å². The van der Waals surface area contributed by atoms with Gasteiger partial charge in [-0.2, -0.15) is 0 Å². The summed E-state index contributed by atoms with van der Waals surface area (Å²) in [6, 6.07) is 0. The Kier molecular flexibility index (Phi) is 1.28. The van der Waals surface area contributed by atoms with Gasteiger partial charge in [-0.15, -0.1) is 11.3 Å². The van der Waals surface area contributed by atoms with Crippen molar-refractivity contribution in [1.29, 1.82) is 0 Å². The van der Waals surface area contributed by atoms with Crippen LogP contribution in [0.3, 0.4) is 0 Å². The Bertz CT molecular complexity index is 214. The third-order valence-electron chi connectivity index (χ3n) is 2.22. The monoisotopic (exact) mass is 154 g/mol. The predicted molar refractivity (Wildman–Crippen MR) is 42.1 cm³/mol. The van der Waals surface area contributed by atoms with Gasteiger partial charge >= 0.3 is 0 Å². The molecule has 3 heteroatoms. The van der Waals surface area contributed by atoms with Gasteiger partial charge < -0.3 is 5.73 Å². The van der Waals surface area contributed by atoms with E-state index in [9.17, 15) is 0 Å². The first-order chi connectivity index (χ1) is 4.87. The lowest BCUT2D eigenvalue weighted by Gasteiger charge is -2.06. The van der Waals surface area contributed by atoms with E-state index in [0.29, 0.717) is 5.41 Å². The quantitative estimate of drug-likeness (QED) is 0.693. The van der Waals surface area contributed by atoms with Crippen molar-refractivity contribution in [1.82, 2.24) is 4.98 Å². The van der Waals surface area contributed by atoms with Gasteiger partial charge in [0.25, 0.3) is 0 Å². The Hall–Kier alpha value is -0.410. The molecule has 1 aliphatic rings. The fraction of sp³-hybridized carbons (Fsp3) is 0.571. The second-order valence-electron chi connectivity index (χ2n) is 2.86. The molecule has 0 bridgehead atoms. The zero-order valence-corrected chi connectivity index (χ0v) is 6.53. The number of hydrogen-bond acceptors (Lipinski definition) is 3. The molecule has 0 atom stereocenters. The van der Waals surface area contributed by atoms with Gasteiger partial charge in [-0.3, -0.25) is 0 Å². The van der Waals surface area contributed by atoms with E-state index in [2.05, 4.69) is 10.4 Å². The van der Waals surface area contributed by atoms with E-state index >= 15 is 0 Å². The normalized spacial score (nSPS) is 20.9. The number of thiazole rings is 1. The summed E-state index contributed by atoms with van der Waals surface area (Å²) in [5.74, 6) is 0. The SMILES string of the molecule is NCC1(c2cscn2)CC1. The smallest absolute Gasteiger partial charge is 0.0794 e. The van der Waals surface area contributed by atoms with E-state index in [-0.39, 0.29) is 0 Å². The van der Waals surface area contributed by atoms with Crippen LogP contribution in [0.15, 0.2) is 10.9 Å². The van der Waals surface area contributed by atoms with E-state index < -0.39 is 0 Å². The van der Waals surface area contributed by atoms with Crippen molar-refractivity contribution in [2.45, 2.75) is 18.3 Å². The maximum atomic E-state index is 5.62. The molecule has 0 aliphatic heterocycles. The van der Waals surface area contributed by atoms with E-state index in [1.54, 1.807) is 11.3 Å². The number of hydrogen-bond donors (Lipinski definition) is 1. The summed E-state index contributed by atoms with van der Waals surface area (Å²) in [5, 5.41) is 2.11. The molecular weight excluding hydrogens is 144 g/mol. The largest absolute Gasteiger partial charge is 0.330 e. The molecule has 0 saturated heterocycles. The first-order valence-electron chi connectivity index (χ1n) is 3.46. The highest BCUT2D eigenvalue weighted by Crippen LogP contribution is 2.46. The lowest BCUT2D eigenvalue weighted by molar-refractivity contribution is 0.684. The highest BCUT2D eigenvalue weighted by atomic mass is 32.1. The van der Waals surface area contributed by atoms with E-state index in [1.165, 1.54) is 18.5 Å². The van der Waals surface area contributed by atoms with Gasteiger partial charge in [0.2, 0.25) is 0 Å². The maximum absolute atomic E-state index is 5.62. The molecule has 54 valence electrons. The molecule has 2 N–H and O–H groups in total. The van der Waals surface area contributed by atoms with Crippen molar-refractivity contribution in [3.8, 4) is 0 Å². The predicted octanol–water partition coefficient (Wildman–Crippen LogP) is 1.13. The second-order valence-corrected chi connectivity index (χ2v) is 3.58. The molecule has 0 amide bonds. The van der Waals surface area contributed by atoms with Crippen LogP contribution in [0.2, 0.25) is 0 Å². The van der Waals surface area contributed by atoms with Crippen molar-refractivity contribution in [3.63, 3.8) is 0 Å². The van der Waals surface area contributed by atoms with E-state index in [0.717, 1.165) is 6.54 Å². The lowest BCUT2D eigenvalue weighted by Crippen LogP contribution is -2.19. The van der Waals surface area contributed by atoms with Crippen LogP contribution in [0.5, 0.6) is 0 Å². The first kappa shape index (κ1) is 6.31. The van der Waals surface area contributed by atoms with Crippen LogP contribution >= 0.6 is 11.3 Å². The number of aromatic nitrogens is 1. The lowest BCUT2D eigenvalue weighted by atomic mass is 10.1. The fourth-order valence-corrected chi connectivity index (χ4v) is 1.87. The first-order valence-corrected chi connectivity index (χ1v) is 4.40. The van der Waals surface area contributed by atoms with Gasteiger partial charge in [0.15, 0.2) is 0 Å². The molecule has 0 spiro atoms. The summed E-state index contributed by atoms with van der Waals surface area (Å²) in [5.41, 5.74) is 9.00. The van der Waals surface area contributed by atoms with Gasteiger partial charge in [-0.25, -0.2) is 4.98 Å². The minimum absolute atomic E-state index is 0.292. The summed E-state index contributed by atoms with van der Waals surface area (Å²) in [6.07, 6.45) is 2.46. The molecule has 0 radical (unpaired) electrons. The van der Waals surface area contributed by atoms with Gasteiger partial charge in [-0.1, -0.05) is 0 Å². The number of rotatable bonds is 2. The summed E-state index contributed by atoms with van der Waals surface area (Å²) >= 11 is 1.66. The Balaban J connectivity index is 2.27.